The Hall–Kier alpha value is -1.65. The first kappa shape index (κ1) is 13.4. The molecule has 17 heavy (non-hydrogen) atoms. The lowest BCUT2D eigenvalue weighted by Crippen LogP contribution is -2.37. The van der Waals surface area contributed by atoms with Gasteiger partial charge in [-0.2, -0.15) is 5.10 Å². The molecule has 5 heteroatoms. The molecule has 0 bridgehead atoms. The number of hydrogen-bond acceptors (Lipinski definition) is 3. The lowest BCUT2D eigenvalue weighted by atomic mass is 10.1. The molecule has 0 fully saturated rings. The van der Waals surface area contributed by atoms with Crippen molar-refractivity contribution < 1.29 is 9.59 Å². The predicted octanol–water partition coefficient (Wildman–Crippen LogP) is 1.13. The minimum absolute atomic E-state index is 0.00346. The maximum Gasteiger partial charge on any atom is 0.292 e. The molecule has 1 heterocycles. The number of carbonyl (C=O) groups excluding carboxylic acids is 2. The zero-order valence-corrected chi connectivity index (χ0v) is 11.0. The van der Waals surface area contributed by atoms with Gasteiger partial charge in [0.2, 0.25) is 0 Å². The third-order valence-corrected chi connectivity index (χ3v) is 2.93. The van der Waals surface area contributed by atoms with Gasteiger partial charge in [0.1, 0.15) is 0 Å². The third-order valence-electron chi connectivity index (χ3n) is 2.93. The molecule has 0 aliphatic carbocycles. The molecule has 5 nitrogen and oxygen atoms in total. The van der Waals surface area contributed by atoms with Crippen LogP contribution in [0.2, 0.25) is 0 Å². The highest BCUT2D eigenvalue weighted by atomic mass is 16.2. The number of aryl methyl sites for hydroxylation is 2. The molecule has 0 radical (unpaired) electrons. The van der Waals surface area contributed by atoms with Crippen LogP contribution in [-0.2, 0) is 11.8 Å². The van der Waals surface area contributed by atoms with Crippen molar-refractivity contribution in [2.24, 2.45) is 7.05 Å². The van der Waals surface area contributed by atoms with Crippen molar-refractivity contribution in [3.63, 3.8) is 0 Å². The summed E-state index contributed by atoms with van der Waals surface area (Å²) < 4.78 is 1.61. The highest BCUT2D eigenvalue weighted by Crippen LogP contribution is 2.12. The van der Waals surface area contributed by atoms with Crippen LogP contribution in [0.15, 0.2) is 0 Å². The summed E-state index contributed by atoms with van der Waals surface area (Å²) in [5.41, 5.74) is 1.72. The van der Waals surface area contributed by atoms with Gasteiger partial charge in [-0.3, -0.25) is 14.3 Å². The number of hydrogen-bond donors (Lipinski definition) is 1. The monoisotopic (exact) mass is 237 g/mol. The van der Waals surface area contributed by atoms with Gasteiger partial charge >= 0.3 is 0 Å². The molecule has 0 saturated heterocycles. The minimum Gasteiger partial charge on any atom is -0.347 e. The van der Waals surface area contributed by atoms with E-state index < -0.39 is 11.7 Å². The highest BCUT2D eigenvalue weighted by molar-refractivity contribution is 6.43. The molecular weight excluding hydrogens is 218 g/mol. The second kappa shape index (κ2) is 5.12. The van der Waals surface area contributed by atoms with E-state index in [1.165, 1.54) is 0 Å². The molecule has 0 aliphatic heterocycles. The lowest BCUT2D eigenvalue weighted by molar-refractivity contribution is -0.117. The standard InChI is InChI=1S/C12H19N3O2/c1-6-7(2)13-12(17)11(16)10-8(3)14-15(5)9(10)4/h7H,6H2,1-5H3,(H,13,17)/t7-/m0/s1. The van der Waals surface area contributed by atoms with E-state index in [0.717, 1.165) is 6.42 Å². The molecule has 1 N–H and O–H groups in total. The second-order valence-electron chi connectivity index (χ2n) is 4.28. The van der Waals surface area contributed by atoms with Crippen LogP contribution in [0.1, 0.15) is 42.0 Å². The molecule has 0 aromatic carbocycles. The smallest absolute Gasteiger partial charge is 0.292 e. The molecule has 1 amide bonds. The van der Waals surface area contributed by atoms with Crippen LogP contribution >= 0.6 is 0 Å². The summed E-state index contributed by atoms with van der Waals surface area (Å²) in [4.78, 5) is 23.7. The van der Waals surface area contributed by atoms with Crippen molar-refractivity contribution in [3.05, 3.63) is 17.0 Å². The first-order chi connectivity index (χ1) is 7.88. The van der Waals surface area contributed by atoms with Gasteiger partial charge in [0.15, 0.2) is 0 Å². The van der Waals surface area contributed by atoms with Crippen molar-refractivity contribution in [2.75, 3.05) is 0 Å². The molecule has 0 saturated carbocycles. The van der Waals surface area contributed by atoms with E-state index in [-0.39, 0.29) is 6.04 Å². The molecule has 0 spiro atoms. The van der Waals surface area contributed by atoms with Gasteiger partial charge in [0.25, 0.3) is 11.7 Å². The fourth-order valence-electron chi connectivity index (χ4n) is 1.61. The second-order valence-corrected chi connectivity index (χ2v) is 4.28. The van der Waals surface area contributed by atoms with Crippen LogP contribution in [0, 0.1) is 13.8 Å². The molecule has 1 aromatic heterocycles. The number of amides is 1. The maximum absolute atomic E-state index is 12.0. The Kier molecular flexibility index (Phi) is 4.04. The van der Waals surface area contributed by atoms with E-state index in [9.17, 15) is 9.59 Å². The summed E-state index contributed by atoms with van der Waals surface area (Å²) in [6.07, 6.45) is 0.796. The summed E-state index contributed by atoms with van der Waals surface area (Å²) in [5.74, 6) is -1.06. The molecule has 1 atom stereocenters. The van der Waals surface area contributed by atoms with Gasteiger partial charge in [0.05, 0.1) is 11.3 Å². The van der Waals surface area contributed by atoms with Crippen LogP contribution in [0.25, 0.3) is 0 Å². The van der Waals surface area contributed by atoms with Crippen LogP contribution < -0.4 is 5.32 Å². The Bertz CT molecular complexity index is 449. The average molecular weight is 237 g/mol. The van der Waals surface area contributed by atoms with E-state index in [4.69, 9.17) is 0 Å². The molecule has 0 unspecified atom stereocenters. The van der Waals surface area contributed by atoms with Crippen molar-refractivity contribution in [1.82, 2.24) is 15.1 Å². The largest absolute Gasteiger partial charge is 0.347 e. The molecule has 1 aromatic rings. The van der Waals surface area contributed by atoms with Gasteiger partial charge < -0.3 is 5.32 Å². The third kappa shape index (κ3) is 2.72. The maximum atomic E-state index is 12.0. The van der Waals surface area contributed by atoms with Gasteiger partial charge in [-0.15, -0.1) is 0 Å². The SMILES string of the molecule is CC[C@H](C)NC(=O)C(=O)c1c(C)nn(C)c1C. The number of nitrogens with one attached hydrogen (secondary N) is 1. The summed E-state index contributed by atoms with van der Waals surface area (Å²) in [7, 11) is 1.76. The summed E-state index contributed by atoms with van der Waals surface area (Å²) in [6, 6.07) is 0.00346. The first-order valence-corrected chi connectivity index (χ1v) is 5.73. The fraction of sp³-hybridized carbons (Fsp3) is 0.583. The Balaban J connectivity index is 2.93. The normalized spacial score (nSPS) is 12.3. The Morgan fingerprint density at radius 2 is 2.00 bits per heavy atom. The van der Waals surface area contributed by atoms with Crippen LogP contribution in [0.5, 0.6) is 0 Å². The fourth-order valence-corrected chi connectivity index (χ4v) is 1.61. The van der Waals surface area contributed by atoms with Crippen molar-refractivity contribution in [2.45, 2.75) is 40.2 Å². The van der Waals surface area contributed by atoms with Crippen molar-refractivity contribution in [1.29, 1.82) is 0 Å². The number of carbonyl (C=O) groups is 2. The number of nitrogens with zero attached hydrogens (tertiary/aromatic N) is 2. The minimum atomic E-state index is -0.557. The number of aromatic nitrogens is 2. The van der Waals surface area contributed by atoms with Crippen LogP contribution in [-0.4, -0.2) is 27.5 Å². The number of ketones is 1. The topological polar surface area (TPSA) is 64.0 Å². The highest BCUT2D eigenvalue weighted by Gasteiger charge is 2.24. The zero-order valence-electron chi connectivity index (χ0n) is 11.0. The number of Topliss-reactive ketones (excluding diaryl/α,β-unsaturated/α-hetero) is 1. The van der Waals surface area contributed by atoms with Gasteiger partial charge in [-0.1, -0.05) is 6.92 Å². The summed E-state index contributed by atoms with van der Waals surface area (Å²) >= 11 is 0. The lowest BCUT2D eigenvalue weighted by Gasteiger charge is -2.10. The van der Waals surface area contributed by atoms with Gasteiger partial charge in [-0.05, 0) is 27.2 Å². The van der Waals surface area contributed by atoms with Crippen molar-refractivity contribution >= 4 is 11.7 Å². The molecule has 94 valence electrons. The van der Waals surface area contributed by atoms with Gasteiger partial charge in [-0.25, -0.2) is 0 Å². The predicted molar refractivity (Wildman–Crippen MR) is 64.9 cm³/mol. The van der Waals surface area contributed by atoms with E-state index in [0.29, 0.717) is 17.0 Å². The summed E-state index contributed by atoms with van der Waals surface area (Å²) in [5, 5.41) is 6.80. The Morgan fingerprint density at radius 3 is 2.41 bits per heavy atom. The quantitative estimate of drug-likeness (QED) is 0.630. The van der Waals surface area contributed by atoms with E-state index in [1.54, 1.807) is 25.6 Å². The summed E-state index contributed by atoms with van der Waals surface area (Å²) in [6.45, 7) is 7.34. The van der Waals surface area contributed by atoms with E-state index in [2.05, 4.69) is 10.4 Å². The number of rotatable bonds is 4. The van der Waals surface area contributed by atoms with Gasteiger partial charge in [0, 0.05) is 18.8 Å². The molecular formula is C12H19N3O2. The van der Waals surface area contributed by atoms with Crippen molar-refractivity contribution in [3.8, 4) is 0 Å². The van der Waals surface area contributed by atoms with Crippen LogP contribution in [0.4, 0.5) is 0 Å². The Labute approximate surface area is 101 Å². The first-order valence-electron chi connectivity index (χ1n) is 5.73. The zero-order chi connectivity index (χ0) is 13.2. The van der Waals surface area contributed by atoms with Crippen LogP contribution in [0.3, 0.4) is 0 Å². The molecule has 0 aliphatic rings. The average Bonchev–Trinajstić information content (AvgIpc) is 2.52. The Morgan fingerprint density at radius 1 is 1.41 bits per heavy atom. The molecule has 1 rings (SSSR count). The van der Waals surface area contributed by atoms with E-state index >= 15 is 0 Å². The van der Waals surface area contributed by atoms with E-state index in [1.807, 2.05) is 13.8 Å².